The van der Waals surface area contributed by atoms with Crippen LogP contribution in [0.4, 0.5) is 5.69 Å². The lowest BCUT2D eigenvalue weighted by atomic mass is 10.1. The van der Waals surface area contributed by atoms with Gasteiger partial charge in [0, 0.05) is 12.7 Å². The molecular formula is C22H30N4O3. The van der Waals surface area contributed by atoms with Crippen molar-refractivity contribution in [3.8, 4) is 11.5 Å². The van der Waals surface area contributed by atoms with Crippen LogP contribution in [0.15, 0.2) is 53.5 Å². The van der Waals surface area contributed by atoms with Crippen molar-refractivity contribution >= 4 is 17.6 Å². The van der Waals surface area contributed by atoms with Crippen LogP contribution in [-0.2, 0) is 4.79 Å². The van der Waals surface area contributed by atoms with Crippen molar-refractivity contribution in [2.75, 3.05) is 32.1 Å². The summed E-state index contributed by atoms with van der Waals surface area (Å²) in [5.41, 5.74) is 1.78. The molecule has 156 valence electrons. The van der Waals surface area contributed by atoms with E-state index in [0.29, 0.717) is 24.9 Å². The Balaban J connectivity index is 1.94. The van der Waals surface area contributed by atoms with Gasteiger partial charge in [0.25, 0.3) is 0 Å². The Labute approximate surface area is 172 Å². The Bertz CT molecular complexity index is 809. The molecule has 2 aromatic rings. The lowest BCUT2D eigenvalue weighted by Crippen LogP contribution is -2.42. The number of anilines is 1. The number of para-hydroxylation sites is 1. The van der Waals surface area contributed by atoms with Crippen molar-refractivity contribution in [1.29, 1.82) is 0 Å². The number of amides is 1. The maximum atomic E-state index is 12.1. The smallest absolute Gasteiger partial charge is 0.243 e. The first-order valence-corrected chi connectivity index (χ1v) is 9.79. The highest BCUT2D eigenvalue weighted by Crippen LogP contribution is 2.30. The van der Waals surface area contributed by atoms with E-state index >= 15 is 0 Å². The van der Waals surface area contributed by atoms with E-state index in [1.165, 1.54) is 0 Å². The summed E-state index contributed by atoms with van der Waals surface area (Å²) in [6.45, 7) is 7.14. The van der Waals surface area contributed by atoms with Crippen LogP contribution in [0.3, 0.4) is 0 Å². The van der Waals surface area contributed by atoms with Crippen LogP contribution in [0.1, 0.15) is 32.4 Å². The molecule has 0 saturated carbocycles. The number of benzene rings is 2. The number of ether oxygens (including phenoxy) is 2. The van der Waals surface area contributed by atoms with Crippen molar-refractivity contribution in [1.82, 2.24) is 10.6 Å². The van der Waals surface area contributed by atoms with E-state index in [9.17, 15) is 4.79 Å². The summed E-state index contributed by atoms with van der Waals surface area (Å²) in [5, 5.41) is 9.15. The third-order valence-electron chi connectivity index (χ3n) is 4.12. The second-order valence-electron chi connectivity index (χ2n) is 6.28. The summed E-state index contributed by atoms with van der Waals surface area (Å²) < 4.78 is 11.3. The molecule has 1 amide bonds. The molecule has 0 aliphatic rings. The third kappa shape index (κ3) is 7.03. The normalized spacial score (nSPS) is 12.1. The number of nitrogens with one attached hydrogen (secondary N) is 3. The SMILES string of the molecule is CCOc1ccc(C(C)NC(=NC)NCC(=O)Nc2ccccc2)cc1OCC. The predicted molar refractivity (Wildman–Crippen MR) is 117 cm³/mol. The van der Waals surface area contributed by atoms with Gasteiger partial charge in [0.1, 0.15) is 0 Å². The number of carbonyl (C=O) groups excluding carboxylic acids is 1. The summed E-state index contributed by atoms with van der Waals surface area (Å²) >= 11 is 0. The second-order valence-corrected chi connectivity index (χ2v) is 6.28. The number of hydrogen-bond donors (Lipinski definition) is 3. The summed E-state index contributed by atoms with van der Waals surface area (Å²) in [5.74, 6) is 1.83. The third-order valence-corrected chi connectivity index (χ3v) is 4.12. The van der Waals surface area contributed by atoms with E-state index < -0.39 is 0 Å². The van der Waals surface area contributed by atoms with Gasteiger partial charge in [-0.2, -0.15) is 0 Å². The average Bonchev–Trinajstić information content (AvgIpc) is 2.73. The standard InChI is InChI=1S/C22H30N4O3/c1-5-28-19-13-12-17(14-20(19)29-6-2)16(3)25-22(23-4)24-15-21(27)26-18-10-8-7-9-11-18/h7-14,16H,5-6,15H2,1-4H3,(H,26,27)(H2,23,24,25). The number of nitrogens with zero attached hydrogens (tertiary/aromatic N) is 1. The first-order valence-electron chi connectivity index (χ1n) is 9.79. The molecule has 0 fully saturated rings. The lowest BCUT2D eigenvalue weighted by molar-refractivity contribution is -0.115. The van der Waals surface area contributed by atoms with Gasteiger partial charge in [-0.1, -0.05) is 24.3 Å². The maximum Gasteiger partial charge on any atom is 0.243 e. The fourth-order valence-corrected chi connectivity index (χ4v) is 2.71. The zero-order chi connectivity index (χ0) is 21.1. The van der Waals surface area contributed by atoms with Crippen molar-refractivity contribution < 1.29 is 14.3 Å². The van der Waals surface area contributed by atoms with E-state index in [2.05, 4.69) is 20.9 Å². The molecule has 1 unspecified atom stereocenters. The van der Waals surface area contributed by atoms with Gasteiger partial charge in [0.05, 0.1) is 25.8 Å². The zero-order valence-electron chi connectivity index (χ0n) is 17.5. The fourth-order valence-electron chi connectivity index (χ4n) is 2.71. The van der Waals surface area contributed by atoms with Gasteiger partial charge in [0.2, 0.25) is 5.91 Å². The molecule has 0 spiro atoms. The summed E-state index contributed by atoms with van der Waals surface area (Å²) in [4.78, 5) is 16.3. The minimum atomic E-state index is -0.147. The van der Waals surface area contributed by atoms with Crippen LogP contribution in [0.25, 0.3) is 0 Å². The van der Waals surface area contributed by atoms with E-state index in [0.717, 1.165) is 17.0 Å². The monoisotopic (exact) mass is 398 g/mol. The Morgan fingerprint density at radius 2 is 1.72 bits per heavy atom. The highest BCUT2D eigenvalue weighted by Gasteiger charge is 2.13. The number of aliphatic imine (C=N–C) groups is 1. The molecule has 2 aromatic carbocycles. The molecular weight excluding hydrogens is 368 g/mol. The van der Waals surface area contributed by atoms with Gasteiger partial charge < -0.3 is 25.4 Å². The van der Waals surface area contributed by atoms with Crippen molar-refractivity contribution in [2.45, 2.75) is 26.8 Å². The maximum absolute atomic E-state index is 12.1. The van der Waals surface area contributed by atoms with Gasteiger partial charge in [-0.15, -0.1) is 0 Å². The molecule has 29 heavy (non-hydrogen) atoms. The largest absolute Gasteiger partial charge is 0.490 e. The summed E-state index contributed by atoms with van der Waals surface area (Å²) in [6, 6.07) is 15.1. The first-order chi connectivity index (χ1) is 14.1. The van der Waals surface area contributed by atoms with Gasteiger partial charge >= 0.3 is 0 Å². The molecule has 1 atom stereocenters. The Kier molecular flexibility index (Phi) is 8.82. The molecule has 7 heteroatoms. The van der Waals surface area contributed by atoms with Crippen molar-refractivity contribution in [3.05, 3.63) is 54.1 Å². The van der Waals surface area contributed by atoms with Crippen LogP contribution in [0.5, 0.6) is 11.5 Å². The molecule has 0 aromatic heterocycles. The van der Waals surface area contributed by atoms with Gasteiger partial charge in [0.15, 0.2) is 17.5 Å². The fraction of sp³-hybridized carbons (Fsp3) is 0.364. The lowest BCUT2D eigenvalue weighted by Gasteiger charge is -2.20. The summed E-state index contributed by atoms with van der Waals surface area (Å²) in [7, 11) is 1.67. The molecule has 0 saturated heterocycles. The molecule has 0 aliphatic heterocycles. The van der Waals surface area contributed by atoms with Gasteiger partial charge in [-0.25, -0.2) is 0 Å². The second kappa shape index (κ2) is 11.6. The number of guanidine groups is 1. The van der Waals surface area contributed by atoms with Gasteiger partial charge in [-0.3, -0.25) is 9.79 Å². The Hall–Kier alpha value is -3.22. The number of hydrogen-bond acceptors (Lipinski definition) is 4. The number of rotatable bonds is 9. The minimum absolute atomic E-state index is 0.0479. The van der Waals surface area contributed by atoms with Crippen LogP contribution >= 0.6 is 0 Å². The minimum Gasteiger partial charge on any atom is -0.490 e. The van der Waals surface area contributed by atoms with Crippen LogP contribution in [0, 0.1) is 0 Å². The molecule has 7 nitrogen and oxygen atoms in total. The van der Waals surface area contributed by atoms with E-state index in [1.807, 2.05) is 69.3 Å². The molecule has 0 heterocycles. The van der Waals surface area contributed by atoms with Crippen LogP contribution < -0.4 is 25.4 Å². The van der Waals surface area contributed by atoms with Crippen LogP contribution in [0.2, 0.25) is 0 Å². The van der Waals surface area contributed by atoms with Crippen molar-refractivity contribution in [3.63, 3.8) is 0 Å². The molecule has 0 aliphatic carbocycles. The molecule has 3 N–H and O–H groups in total. The average molecular weight is 399 g/mol. The number of carbonyl (C=O) groups is 1. The predicted octanol–water partition coefficient (Wildman–Crippen LogP) is 3.35. The van der Waals surface area contributed by atoms with E-state index in [1.54, 1.807) is 7.05 Å². The molecule has 2 rings (SSSR count). The zero-order valence-corrected chi connectivity index (χ0v) is 17.5. The first kappa shape index (κ1) is 22.1. The highest BCUT2D eigenvalue weighted by molar-refractivity contribution is 5.95. The van der Waals surface area contributed by atoms with Crippen LogP contribution in [-0.4, -0.2) is 38.7 Å². The Morgan fingerprint density at radius 1 is 1.03 bits per heavy atom. The van der Waals surface area contributed by atoms with E-state index in [-0.39, 0.29) is 18.5 Å². The summed E-state index contributed by atoms with van der Waals surface area (Å²) in [6.07, 6.45) is 0. The quantitative estimate of drug-likeness (QED) is 0.446. The highest BCUT2D eigenvalue weighted by atomic mass is 16.5. The molecule has 0 bridgehead atoms. The molecule has 0 radical (unpaired) electrons. The van der Waals surface area contributed by atoms with E-state index in [4.69, 9.17) is 9.47 Å². The van der Waals surface area contributed by atoms with Gasteiger partial charge in [-0.05, 0) is 50.6 Å². The topological polar surface area (TPSA) is 84.0 Å². The van der Waals surface area contributed by atoms with Crippen molar-refractivity contribution in [2.24, 2.45) is 4.99 Å². The Morgan fingerprint density at radius 3 is 2.38 bits per heavy atom.